The molecule has 0 unspecified atom stereocenters. The molecule has 0 aromatic rings. The van der Waals surface area contributed by atoms with Gasteiger partial charge in [-0.05, 0) is 6.42 Å². The van der Waals surface area contributed by atoms with Crippen molar-refractivity contribution in [3.05, 3.63) is 0 Å². The van der Waals surface area contributed by atoms with Gasteiger partial charge in [-0.3, -0.25) is 0 Å². The first-order valence-electron chi connectivity index (χ1n) is 8.54. The van der Waals surface area contributed by atoms with Crippen LogP contribution in [-0.4, -0.2) is 93.9 Å². The van der Waals surface area contributed by atoms with Crippen LogP contribution >= 0.6 is 0 Å². The summed E-state index contributed by atoms with van der Waals surface area (Å²) in [5.41, 5.74) is 0. The van der Waals surface area contributed by atoms with Crippen LogP contribution in [0.3, 0.4) is 0 Å². The fourth-order valence-electron chi connectivity index (χ4n) is 2.67. The number of hydrogen-bond donors (Lipinski definition) is 4. The number of aliphatic hydroxyl groups is 4. The molecule has 1 rings (SSSR count). The maximum atomic E-state index is 9.80. The van der Waals surface area contributed by atoms with Gasteiger partial charge in [-0.1, -0.05) is 51.9 Å². The van der Waals surface area contributed by atoms with E-state index >= 15 is 0 Å². The van der Waals surface area contributed by atoms with Crippen molar-refractivity contribution >= 4 is 29.6 Å². The summed E-state index contributed by atoms with van der Waals surface area (Å²) in [6, 6.07) is 0. The minimum absolute atomic E-state index is 0. The third kappa shape index (κ3) is 8.61. The molecule has 4 N–H and O–H groups in total. The standard InChI is InChI=1S/C16H32O6.Na.H/c1-2-3-4-5-6-7-8-9-10-21-16-14(20)13(19)15(22-16)12(18)11-17;;/h12-20H,2-11H2,1H3;;/t12-,13+,14+,15-,16-;;/m0../s1. The zero-order valence-electron chi connectivity index (χ0n) is 13.6. The number of hydrogen-bond acceptors (Lipinski definition) is 6. The van der Waals surface area contributed by atoms with E-state index in [4.69, 9.17) is 14.6 Å². The Balaban J connectivity index is 0.00000484. The Hall–Kier alpha value is 0.760. The van der Waals surface area contributed by atoms with Crippen LogP contribution in [0.1, 0.15) is 58.3 Å². The van der Waals surface area contributed by atoms with Gasteiger partial charge in [0.1, 0.15) is 24.4 Å². The van der Waals surface area contributed by atoms with Gasteiger partial charge >= 0.3 is 29.6 Å². The van der Waals surface area contributed by atoms with E-state index in [-0.39, 0.29) is 29.6 Å². The zero-order valence-corrected chi connectivity index (χ0v) is 13.6. The molecule has 0 radical (unpaired) electrons. The molecule has 1 saturated heterocycles. The second-order valence-electron chi connectivity index (χ2n) is 6.05. The third-order valence-electron chi connectivity index (χ3n) is 4.10. The van der Waals surface area contributed by atoms with Crippen molar-refractivity contribution in [3.8, 4) is 0 Å². The number of ether oxygens (including phenoxy) is 2. The van der Waals surface area contributed by atoms with E-state index in [1.54, 1.807) is 0 Å². The molecular formula is C16H33NaO6. The summed E-state index contributed by atoms with van der Waals surface area (Å²) in [6.45, 7) is 2.13. The predicted molar refractivity (Wildman–Crippen MR) is 89.5 cm³/mol. The Bertz CT molecular complexity index is 281. The summed E-state index contributed by atoms with van der Waals surface area (Å²) in [6.07, 6.45) is 3.92. The van der Waals surface area contributed by atoms with E-state index in [2.05, 4.69) is 6.92 Å². The van der Waals surface area contributed by atoms with Crippen LogP contribution in [0.5, 0.6) is 0 Å². The topological polar surface area (TPSA) is 99.4 Å². The first-order chi connectivity index (χ1) is 10.6. The van der Waals surface area contributed by atoms with E-state index in [0.29, 0.717) is 6.61 Å². The summed E-state index contributed by atoms with van der Waals surface area (Å²) in [5, 5.41) is 37.9. The van der Waals surface area contributed by atoms with E-state index < -0.39 is 37.3 Å². The maximum absolute atomic E-state index is 9.80. The summed E-state index contributed by atoms with van der Waals surface area (Å²) >= 11 is 0. The van der Waals surface area contributed by atoms with Crippen molar-refractivity contribution in [1.82, 2.24) is 0 Å². The normalized spacial score (nSPS) is 28.6. The van der Waals surface area contributed by atoms with Crippen molar-refractivity contribution in [3.63, 3.8) is 0 Å². The van der Waals surface area contributed by atoms with E-state index in [0.717, 1.165) is 12.8 Å². The SMILES string of the molecule is CCCCCCCCCCO[C@H]1O[C@@H]([C@@H](O)CO)[C@H](O)[C@H]1O.[NaH]. The van der Waals surface area contributed by atoms with Gasteiger partial charge in [-0.15, -0.1) is 0 Å². The van der Waals surface area contributed by atoms with Crippen molar-refractivity contribution in [2.24, 2.45) is 0 Å². The first kappa shape index (κ1) is 23.8. The number of rotatable bonds is 12. The van der Waals surface area contributed by atoms with Gasteiger partial charge in [0.25, 0.3) is 0 Å². The molecular weight excluding hydrogens is 311 g/mol. The van der Waals surface area contributed by atoms with E-state index in [1.807, 2.05) is 0 Å². The van der Waals surface area contributed by atoms with Gasteiger partial charge in [0.05, 0.1) is 6.61 Å². The van der Waals surface area contributed by atoms with Crippen molar-refractivity contribution < 1.29 is 29.9 Å². The molecule has 134 valence electrons. The molecule has 0 saturated carbocycles. The van der Waals surface area contributed by atoms with Crippen molar-refractivity contribution in [2.45, 2.75) is 89.0 Å². The second-order valence-corrected chi connectivity index (χ2v) is 6.05. The summed E-state index contributed by atoms with van der Waals surface area (Å²) in [7, 11) is 0. The van der Waals surface area contributed by atoms with Gasteiger partial charge in [0.15, 0.2) is 6.29 Å². The van der Waals surface area contributed by atoms with Crippen LogP contribution in [0.4, 0.5) is 0 Å². The fourth-order valence-corrected chi connectivity index (χ4v) is 2.67. The summed E-state index contributed by atoms with van der Waals surface area (Å²) < 4.78 is 10.7. The van der Waals surface area contributed by atoms with Crippen LogP contribution in [-0.2, 0) is 9.47 Å². The molecule has 0 bridgehead atoms. The molecule has 7 heteroatoms. The number of aliphatic hydroxyl groups excluding tert-OH is 4. The van der Waals surface area contributed by atoms with Crippen LogP contribution in [0.2, 0.25) is 0 Å². The molecule has 1 fully saturated rings. The Labute approximate surface area is 161 Å². The molecule has 6 nitrogen and oxygen atoms in total. The average molecular weight is 344 g/mol. The molecule has 0 aliphatic carbocycles. The second kappa shape index (κ2) is 14.0. The Morgan fingerprint density at radius 3 is 2.09 bits per heavy atom. The number of unbranched alkanes of at least 4 members (excludes halogenated alkanes) is 7. The first-order valence-corrected chi connectivity index (χ1v) is 8.54. The van der Waals surface area contributed by atoms with Gasteiger partial charge in [-0.2, -0.15) is 0 Å². The predicted octanol–water partition coefficient (Wildman–Crippen LogP) is 0.295. The molecule has 0 amide bonds. The molecule has 1 aliphatic rings. The van der Waals surface area contributed by atoms with E-state index in [1.165, 1.54) is 38.5 Å². The quantitative estimate of drug-likeness (QED) is 0.300. The summed E-state index contributed by atoms with van der Waals surface area (Å²) in [5.74, 6) is 0. The Morgan fingerprint density at radius 1 is 0.957 bits per heavy atom. The van der Waals surface area contributed by atoms with Gasteiger partial charge in [0.2, 0.25) is 0 Å². The molecule has 1 heterocycles. The Kier molecular flexibility index (Phi) is 14.4. The van der Waals surface area contributed by atoms with Crippen molar-refractivity contribution in [2.75, 3.05) is 13.2 Å². The van der Waals surface area contributed by atoms with E-state index in [9.17, 15) is 15.3 Å². The fraction of sp³-hybridized carbons (Fsp3) is 1.00. The van der Waals surface area contributed by atoms with Crippen LogP contribution in [0, 0.1) is 0 Å². The van der Waals surface area contributed by atoms with Crippen LogP contribution in [0.25, 0.3) is 0 Å². The molecule has 23 heavy (non-hydrogen) atoms. The molecule has 1 aliphatic heterocycles. The van der Waals surface area contributed by atoms with Gasteiger partial charge in [0, 0.05) is 6.61 Å². The Morgan fingerprint density at radius 2 is 1.52 bits per heavy atom. The zero-order chi connectivity index (χ0) is 16.4. The third-order valence-corrected chi connectivity index (χ3v) is 4.10. The van der Waals surface area contributed by atoms with Crippen LogP contribution < -0.4 is 0 Å². The summed E-state index contributed by atoms with van der Waals surface area (Å²) in [4.78, 5) is 0. The van der Waals surface area contributed by atoms with Crippen LogP contribution in [0.15, 0.2) is 0 Å². The van der Waals surface area contributed by atoms with Crippen molar-refractivity contribution in [1.29, 1.82) is 0 Å². The average Bonchev–Trinajstić information content (AvgIpc) is 2.81. The van der Waals surface area contributed by atoms with Gasteiger partial charge < -0.3 is 29.9 Å². The monoisotopic (exact) mass is 344 g/mol. The minimum atomic E-state index is -1.24. The molecule has 0 aromatic carbocycles. The molecule has 0 aromatic heterocycles. The molecule has 5 atom stereocenters. The molecule has 0 spiro atoms. The van der Waals surface area contributed by atoms with Gasteiger partial charge in [-0.25, -0.2) is 0 Å².